The first-order chi connectivity index (χ1) is 13.7. The zero-order valence-electron chi connectivity index (χ0n) is 16.4. The number of hydrogen-bond acceptors (Lipinski definition) is 1. The summed E-state index contributed by atoms with van der Waals surface area (Å²) >= 11 is 0. The van der Waals surface area contributed by atoms with E-state index in [0.29, 0.717) is 5.56 Å². The van der Waals surface area contributed by atoms with Crippen LogP contribution in [0.1, 0.15) is 36.5 Å². The van der Waals surface area contributed by atoms with Crippen molar-refractivity contribution in [1.29, 1.82) is 0 Å². The number of aliphatic imine (C=N–C) groups is 1. The zero-order chi connectivity index (χ0) is 19.8. The number of aryl methyl sites for hydroxylation is 2. The Kier molecular flexibility index (Phi) is 6.91. The molecule has 0 unspecified atom stereocenters. The molecule has 0 fully saturated rings. The molecule has 0 aliphatic heterocycles. The Morgan fingerprint density at radius 2 is 1.61 bits per heavy atom. The first kappa shape index (κ1) is 19.8. The number of allylic oxidation sites excluding steroid dienone is 1. The van der Waals surface area contributed by atoms with E-state index in [1.54, 1.807) is 6.07 Å². The standard InChI is InChI=1S/C26H26FN/c1-3-5-7-20-8-10-22(11-9-20)19-28-24-15-13-23(14-16-24)25-17-12-21(6-4-2)18-26(25)27/h3,8-19H,1,4-7H2,2H3. The molecule has 142 valence electrons. The summed E-state index contributed by atoms with van der Waals surface area (Å²) in [5.74, 6) is -0.168. The average molecular weight is 371 g/mol. The van der Waals surface area contributed by atoms with Crippen LogP contribution in [-0.2, 0) is 12.8 Å². The van der Waals surface area contributed by atoms with Gasteiger partial charge in [-0.05, 0) is 59.7 Å². The third-order valence-corrected chi connectivity index (χ3v) is 4.73. The Labute approximate surface area is 167 Å². The number of halogens is 1. The molecule has 1 nitrogen and oxygen atoms in total. The second-order valence-electron chi connectivity index (χ2n) is 6.94. The molecule has 0 amide bonds. The third-order valence-electron chi connectivity index (χ3n) is 4.73. The van der Waals surface area contributed by atoms with Crippen molar-refractivity contribution in [3.05, 3.63) is 102 Å². The van der Waals surface area contributed by atoms with E-state index < -0.39 is 0 Å². The van der Waals surface area contributed by atoms with E-state index in [2.05, 4.69) is 42.8 Å². The SMILES string of the molecule is C=CCCc1ccc(C=Nc2ccc(-c3ccc(CCC)cc3F)cc2)cc1. The lowest BCUT2D eigenvalue weighted by molar-refractivity contribution is 0.628. The smallest absolute Gasteiger partial charge is 0.131 e. The van der Waals surface area contributed by atoms with Crippen molar-refractivity contribution in [3.8, 4) is 11.1 Å². The molecule has 0 aromatic heterocycles. The molecule has 3 aromatic rings. The van der Waals surface area contributed by atoms with E-state index in [1.165, 1.54) is 5.56 Å². The molecule has 3 rings (SSSR count). The van der Waals surface area contributed by atoms with E-state index in [0.717, 1.165) is 48.1 Å². The van der Waals surface area contributed by atoms with Crippen molar-refractivity contribution in [2.75, 3.05) is 0 Å². The molecule has 0 N–H and O–H groups in total. The maximum Gasteiger partial charge on any atom is 0.131 e. The van der Waals surface area contributed by atoms with Crippen LogP contribution in [0.15, 0.2) is 84.4 Å². The topological polar surface area (TPSA) is 12.4 Å². The molecule has 0 spiro atoms. The van der Waals surface area contributed by atoms with Crippen LogP contribution in [0.25, 0.3) is 11.1 Å². The van der Waals surface area contributed by atoms with Crippen molar-refractivity contribution in [3.63, 3.8) is 0 Å². The van der Waals surface area contributed by atoms with Crippen molar-refractivity contribution in [1.82, 2.24) is 0 Å². The van der Waals surface area contributed by atoms with Gasteiger partial charge in [-0.3, -0.25) is 4.99 Å². The Hall–Kier alpha value is -3.00. The normalized spacial score (nSPS) is 11.1. The van der Waals surface area contributed by atoms with Gasteiger partial charge < -0.3 is 0 Å². The summed E-state index contributed by atoms with van der Waals surface area (Å²) in [6.07, 6.45) is 7.71. The van der Waals surface area contributed by atoms with Gasteiger partial charge in [0.05, 0.1) is 5.69 Å². The zero-order valence-corrected chi connectivity index (χ0v) is 16.4. The molecular formula is C26H26FN. The van der Waals surface area contributed by atoms with E-state index in [-0.39, 0.29) is 5.82 Å². The van der Waals surface area contributed by atoms with Gasteiger partial charge >= 0.3 is 0 Å². The summed E-state index contributed by atoms with van der Waals surface area (Å²) in [6, 6.07) is 21.6. The van der Waals surface area contributed by atoms with Crippen LogP contribution in [0.5, 0.6) is 0 Å². The Bertz CT molecular complexity index is 937. The number of benzene rings is 3. The lowest BCUT2D eigenvalue weighted by Crippen LogP contribution is -1.89. The first-order valence-electron chi connectivity index (χ1n) is 9.82. The molecule has 0 aliphatic rings. The average Bonchev–Trinajstić information content (AvgIpc) is 2.72. The van der Waals surface area contributed by atoms with Gasteiger partial charge in [-0.1, -0.05) is 68.0 Å². The highest BCUT2D eigenvalue weighted by Gasteiger charge is 2.06. The highest BCUT2D eigenvalue weighted by Crippen LogP contribution is 2.26. The van der Waals surface area contributed by atoms with Gasteiger partial charge in [0.2, 0.25) is 0 Å². The van der Waals surface area contributed by atoms with Crippen molar-refractivity contribution in [2.24, 2.45) is 4.99 Å². The Balaban J connectivity index is 1.69. The minimum Gasteiger partial charge on any atom is -0.256 e. The number of hydrogen-bond donors (Lipinski definition) is 0. The van der Waals surface area contributed by atoms with Crippen LogP contribution in [0, 0.1) is 5.82 Å². The third kappa shape index (κ3) is 5.26. The van der Waals surface area contributed by atoms with Crippen LogP contribution in [0.3, 0.4) is 0 Å². The lowest BCUT2D eigenvalue weighted by atomic mass is 10.0. The monoisotopic (exact) mass is 371 g/mol. The molecule has 0 heterocycles. The predicted molar refractivity (Wildman–Crippen MR) is 118 cm³/mol. The van der Waals surface area contributed by atoms with Gasteiger partial charge in [-0.25, -0.2) is 4.39 Å². The summed E-state index contributed by atoms with van der Waals surface area (Å²) in [4.78, 5) is 4.53. The summed E-state index contributed by atoms with van der Waals surface area (Å²) in [6.45, 7) is 5.86. The Morgan fingerprint density at radius 3 is 2.25 bits per heavy atom. The summed E-state index contributed by atoms with van der Waals surface area (Å²) in [7, 11) is 0. The maximum atomic E-state index is 14.4. The fourth-order valence-electron chi connectivity index (χ4n) is 3.15. The minimum absolute atomic E-state index is 0.168. The van der Waals surface area contributed by atoms with Crippen LogP contribution in [0.4, 0.5) is 10.1 Å². The molecule has 0 atom stereocenters. The molecule has 0 bridgehead atoms. The summed E-state index contributed by atoms with van der Waals surface area (Å²) in [5.41, 5.74) is 5.75. The van der Waals surface area contributed by atoms with Gasteiger partial charge in [0, 0.05) is 11.8 Å². The van der Waals surface area contributed by atoms with Gasteiger partial charge in [0.1, 0.15) is 5.82 Å². The van der Waals surface area contributed by atoms with E-state index in [4.69, 9.17) is 0 Å². The van der Waals surface area contributed by atoms with Crippen molar-refractivity contribution >= 4 is 11.9 Å². The molecule has 2 heteroatoms. The largest absolute Gasteiger partial charge is 0.256 e. The predicted octanol–water partition coefficient (Wildman–Crippen LogP) is 7.31. The van der Waals surface area contributed by atoms with E-state index in [1.807, 2.05) is 48.7 Å². The van der Waals surface area contributed by atoms with Gasteiger partial charge in [0.15, 0.2) is 0 Å². The van der Waals surface area contributed by atoms with Crippen molar-refractivity contribution < 1.29 is 4.39 Å². The molecule has 0 saturated carbocycles. The van der Waals surface area contributed by atoms with Crippen LogP contribution in [0.2, 0.25) is 0 Å². The number of nitrogens with zero attached hydrogens (tertiary/aromatic N) is 1. The molecule has 0 saturated heterocycles. The summed E-state index contributed by atoms with van der Waals surface area (Å²) < 4.78 is 14.4. The van der Waals surface area contributed by atoms with Crippen LogP contribution >= 0.6 is 0 Å². The molecule has 28 heavy (non-hydrogen) atoms. The van der Waals surface area contributed by atoms with Gasteiger partial charge in [0.25, 0.3) is 0 Å². The number of rotatable bonds is 8. The van der Waals surface area contributed by atoms with Gasteiger partial charge in [-0.2, -0.15) is 0 Å². The lowest BCUT2D eigenvalue weighted by Gasteiger charge is -2.06. The fraction of sp³-hybridized carbons (Fsp3) is 0.192. The quantitative estimate of drug-likeness (QED) is 0.291. The van der Waals surface area contributed by atoms with E-state index >= 15 is 0 Å². The summed E-state index contributed by atoms with van der Waals surface area (Å²) in [5, 5.41) is 0. The molecule has 0 aliphatic carbocycles. The minimum atomic E-state index is -0.168. The van der Waals surface area contributed by atoms with Crippen molar-refractivity contribution in [2.45, 2.75) is 32.6 Å². The highest BCUT2D eigenvalue weighted by molar-refractivity contribution is 5.82. The molecular weight excluding hydrogens is 345 g/mol. The highest BCUT2D eigenvalue weighted by atomic mass is 19.1. The van der Waals surface area contributed by atoms with Crippen LogP contribution in [-0.4, -0.2) is 6.21 Å². The molecule has 3 aromatic carbocycles. The second kappa shape index (κ2) is 9.80. The van der Waals surface area contributed by atoms with Gasteiger partial charge in [-0.15, -0.1) is 6.58 Å². The first-order valence-corrected chi connectivity index (χ1v) is 9.82. The Morgan fingerprint density at radius 1 is 0.893 bits per heavy atom. The fourth-order valence-corrected chi connectivity index (χ4v) is 3.15. The maximum absolute atomic E-state index is 14.4. The molecule has 0 radical (unpaired) electrons. The van der Waals surface area contributed by atoms with E-state index in [9.17, 15) is 4.39 Å². The van der Waals surface area contributed by atoms with Crippen LogP contribution < -0.4 is 0 Å². The second-order valence-corrected chi connectivity index (χ2v) is 6.94.